The maximum absolute atomic E-state index is 7.33. The van der Waals surface area contributed by atoms with Gasteiger partial charge in [-0.1, -0.05) is 12.1 Å². The maximum Gasteiger partial charge on any atom is 0.164 e. The van der Waals surface area contributed by atoms with Crippen molar-refractivity contribution in [2.45, 2.75) is 6.61 Å². The van der Waals surface area contributed by atoms with Gasteiger partial charge in [0.25, 0.3) is 0 Å². The zero-order valence-electron chi connectivity index (χ0n) is 9.42. The van der Waals surface area contributed by atoms with Crippen LogP contribution < -0.4 is 10.5 Å². The van der Waals surface area contributed by atoms with Gasteiger partial charge in [0.15, 0.2) is 5.82 Å². The van der Waals surface area contributed by atoms with Crippen LogP contribution in [0.25, 0.3) is 0 Å². The average Bonchev–Trinajstić information content (AvgIpc) is 2.72. The summed E-state index contributed by atoms with van der Waals surface area (Å²) >= 11 is 0. The van der Waals surface area contributed by atoms with Crippen molar-refractivity contribution in [1.82, 2.24) is 14.8 Å². The summed E-state index contributed by atoms with van der Waals surface area (Å²) in [7, 11) is 1.80. The summed E-state index contributed by atoms with van der Waals surface area (Å²) in [5.41, 5.74) is 6.04. The molecule has 0 amide bonds. The van der Waals surface area contributed by atoms with Crippen molar-refractivity contribution in [1.29, 1.82) is 5.41 Å². The smallest absolute Gasteiger partial charge is 0.164 e. The minimum Gasteiger partial charge on any atom is -0.486 e. The van der Waals surface area contributed by atoms with Gasteiger partial charge in [-0.15, -0.1) is 0 Å². The van der Waals surface area contributed by atoms with Gasteiger partial charge in [-0.2, -0.15) is 5.10 Å². The molecule has 1 heterocycles. The van der Waals surface area contributed by atoms with Crippen molar-refractivity contribution < 1.29 is 4.74 Å². The lowest BCUT2D eigenvalue weighted by Crippen LogP contribution is -2.11. The highest BCUT2D eigenvalue weighted by atomic mass is 16.5. The number of aromatic nitrogens is 3. The van der Waals surface area contributed by atoms with Crippen molar-refractivity contribution >= 4 is 5.84 Å². The number of nitrogen functional groups attached to an aromatic ring is 1. The quantitative estimate of drug-likeness (QED) is 0.598. The van der Waals surface area contributed by atoms with Crippen LogP contribution in [0.2, 0.25) is 0 Å². The molecule has 0 bridgehead atoms. The summed E-state index contributed by atoms with van der Waals surface area (Å²) in [4.78, 5) is 4.05. The molecule has 0 radical (unpaired) electrons. The molecule has 3 N–H and O–H groups in total. The highest BCUT2D eigenvalue weighted by Gasteiger charge is 2.03. The fourth-order valence-electron chi connectivity index (χ4n) is 1.35. The number of nitrogens with zero attached hydrogens (tertiary/aromatic N) is 3. The molecule has 6 heteroatoms. The van der Waals surface area contributed by atoms with E-state index in [1.807, 2.05) is 6.07 Å². The van der Waals surface area contributed by atoms with Crippen LogP contribution in [0.15, 0.2) is 30.6 Å². The SMILES string of the molecule is Cn1ncnc1COc1cccc(C(=N)N)c1. The van der Waals surface area contributed by atoms with E-state index in [2.05, 4.69) is 10.1 Å². The second-order valence-electron chi connectivity index (χ2n) is 3.53. The summed E-state index contributed by atoms with van der Waals surface area (Å²) in [6, 6.07) is 7.09. The molecule has 0 aliphatic rings. The third kappa shape index (κ3) is 2.60. The monoisotopic (exact) mass is 231 g/mol. The molecule has 0 spiro atoms. The number of hydrogen-bond donors (Lipinski definition) is 2. The molecule has 0 aliphatic heterocycles. The van der Waals surface area contributed by atoms with E-state index in [1.165, 1.54) is 6.33 Å². The second kappa shape index (κ2) is 4.65. The standard InChI is InChI=1S/C11H13N5O/c1-16-10(14-7-15-16)6-17-9-4-2-3-8(5-9)11(12)13/h2-5,7H,6H2,1H3,(H3,12,13). The fraction of sp³-hybridized carbons (Fsp3) is 0.182. The van der Waals surface area contributed by atoms with E-state index in [4.69, 9.17) is 15.9 Å². The lowest BCUT2D eigenvalue weighted by atomic mass is 10.2. The third-order valence-electron chi connectivity index (χ3n) is 2.32. The molecule has 0 aliphatic carbocycles. The maximum atomic E-state index is 7.33. The zero-order valence-corrected chi connectivity index (χ0v) is 9.42. The Kier molecular flexibility index (Phi) is 3.04. The van der Waals surface area contributed by atoms with Crippen LogP contribution in [0.5, 0.6) is 5.75 Å². The van der Waals surface area contributed by atoms with Gasteiger partial charge >= 0.3 is 0 Å². The molecule has 0 saturated carbocycles. The Morgan fingerprint density at radius 3 is 3.00 bits per heavy atom. The minimum absolute atomic E-state index is 0.0223. The molecule has 17 heavy (non-hydrogen) atoms. The molecule has 0 unspecified atom stereocenters. The van der Waals surface area contributed by atoms with Gasteiger partial charge in [0.05, 0.1) is 0 Å². The van der Waals surface area contributed by atoms with Gasteiger partial charge in [0.1, 0.15) is 24.5 Å². The lowest BCUT2D eigenvalue weighted by molar-refractivity contribution is 0.289. The van der Waals surface area contributed by atoms with Gasteiger partial charge in [-0.25, -0.2) is 4.98 Å². The number of rotatable bonds is 4. The largest absolute Gasteiger partial charge is 0.486 e. The van der Waals surface area contributed by atoms with E-state index < -0.39 is 0 Å². The number of nitrogens with one attached hydrogen (secondary N) is 1. The van der Waals surface area contributed by atoms with Crippen LogP contribution in [-0.2, 0) is 13.7 Å². The number of ether oxygens (including phenoxy) is 1. The van der Waals surface area contributed by atoms with E-state index in [0.29, 0.717) is 17.9 Å². The number of aryl methyl sites for hydroxylation is 1. The highest BCUT2D eigenvalue weighted by Crippen LogP contribution is 2.14. The van der Waals surface area contributed by atoms with Crippen LogP contribution in [-0.4, -0.2) is 20.6 Å². The first-order valence-corrected chi connectivity index (χ1v) is 5.07. The van der Waals surface area contributed by atoms with Crippen LogP contribution in [0, 0.1) is 5.41 Å². The molecule has 88 valence electrons. The highest BCUT2D eigenvalue weighted by molar-refractivity contribution is 5.95. The number of benzene rings is 1. The van der Waals surface area contributed by atoms with Gasteiger partial charge in [0.2, 0.25) is 0 Å². The average molecular weight is 231 g/mol. The normalized spacial score (nSPS) is 10.2. The van der Waals surface area contributed by atoms with Crippen LogP contribution >= 0.6 is 0 Å². The molecular formula is C11H13N5O. The molecule has 2 aromatic rings. The van der Waals surface area contributed by atoms with Crippen LogP contribution in [0.1, 0.15) is 11.4 Å². The Labute approximate surface area is 98.5 Å². The van der Waals surface area contributed by atoms with E-state index in [-0.39, 0.29) is 5.84 Å². The lowest BCUT2D eigenvalue weighted by Gasteiger charge is -2.06. The van der Waals surface area contributed by atoms with E-state index in [1.54, 1.807) is 29.9 Å². The van der Waals surface area contributed by atoms with E-state index in [0.717, 1.165) is 5.82 Å². The molecule has 0 saturated heterocycles. The first-order chi connectivity index (χ1) is 8.16. The summed E-state index contributed by atoms with van der Waals surface area (Å²) in [6.45, 7) is 0.331. The summed E-state index contributed by atoms with van der Waals surface area (Å²) in [5.74, 6) is 1.41. The topological polar surface area (TPSA) is 89.8 Å². The van der Waals surface area contributed by atoms with Gasteiger partial charge in [-0.3, -0.25) is 10.1 Å². The van der Waals surface area contributed by atoms with Crippen LogP contribution in [0.3, 0.4) is 0 Å². The number of hydrogen-bond acceptors (Lipinski definition) is 4. The Bertz CT molecular complexity index is 534. The predicted molar refractivity (Wildman–Crippen MR) is 62.8 cm³/mol. The summed E-state index contributed by atoms with van der Waals surface area (Å²) in [6.07, 6.45) is 1.48. The second-order valence-corrected chi connectivity index (χ2v) is 3.53. The van der Waals surface area contributed by atoms with E-state index in [9.17, 15) is 0 Å². The zero-order chi connectivity index (χ0) is 12.3. The van der Waals surface area contributed by atoms with Crippen molar-refractivity contribution in [3.63, 3.8) is 0 Å². The minimum atomic E-state index is 0.0223. The van der Waals surface area contributed by atoms with Crippen molar-refractivity contribution in [2.24, 2.45) is 12.8 Å². The Hall–Kier alpha value is -2.37. The van der Waals surface area contributed by atoms with Crippen molar-refractivity contribution in [2.75, 3.05) is 0 Å². The number of amidine groups is 1. The Balaban J connectivity index is 2.07. The molecule has 1 aromatic heterocycles. The van der Waals surface area contributed by atoms with Crippen LogP contribution in [0.4, 0.5) is 0 Å². The molecule has 1 aromatic carbocycles. The third-order valence-corrected chi connectivity index (χ3v) is 2.32. The summed E-state index contributed by atoms with van der Waals surface area (Å²) < 4.78 is 7.19. The Morgan fingerprint density at radius 1 is 1.53 bits per heavy atom. The van der Waals surface area contributed by atoms with Crippen molar-refractivity contribution in [3.8, 4) is 5.75 Å². The van der Waals surface area contributed by atoms with Crippen molar-refractivity contribution in [3.05, 3.63) is 42.0 Å². The first-order valence-electron chi connectivity index (χ1n) is 5.07. The van der Waals surface area contributed by atoms with Gasteiger partial charge < -0.3 is 10.5 Å². The summed E-state index contributed by atoms with van der Waals surface area (Å²) in [5, 5.41) is 11.3. The Morgan fingerprint density at radius 2 is 2.35 bits per heavy atom. The van der Waals surface area contributed by atoms with E-state index >= 15 is 0 Å². The molecule has 6 nitrogen and oxygen atoms in total. The number of nitrogens with two attached hydrogens (primary N) is 1. The van der Waals surface area contributed by atoms with Gasteiger partial charge in [-0.05, 0) is 12.1 Å². The molecule has 0 atom stereocenters. The molecule has 0 fully saturated rings. The molecular weight excluding hydrogens is 218 g/mol. The predicted octanol–water partition coefficient (Wildman–Crippen LogP) is 0.678. The first kappa shape index (κ1) is 11.1. The van der Waals surface area contributed by atoms with Gasteiger partial charge in [0, 0.05) is 12.6 Å². The fourth-order valence-corrected chi connectivity index (χ4v) is 1.35. The molecule has 2 rings (SSSR count).